The topological polar surface area (TPSA) is 61.6 Å². The van der Waals surface area contributed by atoms with Crippen LogP contribution in [-0.2, 0) is 4.79 Å². The van der Waals surface area contributed by atoms with Crippen LogP contribution in [0.25, 0.3) is 0 Å². The largest absolute Gasteiger partial charge is 0.369 e. The van der Waals surface area contributed by atoms with Crippen molar-refractivity contribution in [1.82, 2.24) is 15.1 Å². The monoisotopic (exact) mass is 356 g/mol. The first-order valence-corrected chi connectivity index (χ1v) is 8.74. The number of piperazine rings is 1. The molecule has 1 aromatic rings. The molecule has 7 heteroatoms. The summed E-state index contributed by atoms with van der Waals surface area (Å²) < 4.78 is 0. The maximum atomic E-state index is 11.0. The summed E-state index contributed by atoms with van der Waals surface area (Å²) in [6, 6.07) is 6.42. The number of benzene rings is 1. The molecule has 2 saturated heterocycles. The molecule has 0 saturated carbocycles. The van der Waals surface area contributed by atoms with Crippen molar-refractivity contribution in [2.24, 2.45) is 5.73 Å². The predicted octanol–water partition coefficient (Wildman–Crippen LogP) is 1.50. The van der Waals surface area contributed by atoms with Crippen molar-refractivity contribution in [3.63, 3.8) is 0 Å². The van der Waals surface area contributed by atoms with Crippen molar-refractivity contribution >= 4 is 29.1 Å². The molecule has 0 spiro atoms. The number of halogens is 2. The Morgan fingerprint density at radius 3 is 2.70 bits per heavy atom. The lowest BCUT2D eigenvalue weighted by molar-refractivity contribution is -0.119. The molecule has 3 N–H and O–H groups in total. The number of hydrogen-bond acceptors (Lipinski definition) is 4. The van der Waals surface area contributed by atoms with Gasteiger partial charge in [0.15, 0.2) is 0 Å². The number of nitrogens with zero attached hydrogens (tertiary/aromatic N) is 2. The van der Waals surface area contributed by atoms with Crippen LogP contribution >= 0.6 is 23.2 Å². The molecule has 2 aliphatic rings. The highest BCUT2D eigenvalue weighted by atomic mass is 35.5. The van der Waals surface area contributed by atoms with Crippen LogP contribution in [0.5, 0.6) is 0 Å². The normalized spacial score (nSPS) is 26.5. The maximum absolute atomic E-state index is 11.0. The second-order valence-corrected chi connectivity index (χ2v) is 6.99. The van der Waals surface area contributed by atoms with E-state index in [1.54, 1.807) is 0 Å². The molecular formula is C16H22Cl2N4O. The molecule has 0 aromatic heterocycles. The van der Waals surface area contributed by atoms with Crippen molar-refractivity contribution in [2.75, 3.05) is 39.3 Å². The fraction of sp³-hybridized carbons (Fsp3) is 0.562. The third kappa shape index (κ3) is 3.80. The van der Waals surface area contributed by atoms with Crippen LogP contribution in [0.4, 0.5) is 0 Å². The summed E-state index contributed by atoms with van der Waals surface area (Å²) in [5, 5.41) is 4.80. The average Bonchev–Trinajstić information content (AvgIpc) is 2.99. The van der Waals surface area contributed by atoms with Gasteiger partial charge in [-0.1, -0.05) is 35.3 Å². The number of nitrogens with one attached hydrogen (secondary N) is 1. The summed E-state index contributed by atoms with van der Waals surface area (Å²) in [7, 11) is 0. The number of amides is 1. The fourth-order valence-corrected chi connectivity index (χ4v) is 4.06. The summed E-state index contributed by atoms with van der Waals surface area (Å²) in [4.78, 5) is 15.6. The third-order valence-corrected chi connectivity index (χ3v) is 5.59. The summed E-state index contributed by atoms with van der Waals surface area (Å²) in [6.07, 6.45) is 1.09. The van der Waals surface area contributed by atoms with Crippen molar-refractivity contribution < 1.29 is 4.79 Å². The van der Waals surface area contributed by atoms with Gasteiger partial charge in [0.2, 0.25) is 5.91 Å². The van der Waals surface area contributed by atoms with Crippen molar-refractivity contribution in [3.05, 3.63) is 33.8 Å². The molecule has 2 aliphatic heterocycles. The van der Waals surface area contributed by atoms with Crippen LogP contribution in [0.2, 0.25) is 10.0 Å². The van der Waals surface area contributed by atoms with E-state index in [0.29, 0.717) is 22.6 Å². The van der Waals surface area contributed by atoms with E-state index in [-0.39, 0.29) is 11.9 Å². The molecule has 0 bridgehead atoms. The quantitative estimate of drug-likeness (QED) is 0.858. The van der Waals surface area contributed by atoms with E-state index in [4.69, 9.17) is 28.9 Å². The van der Waals surface area contributed by atoms with Gasteiger partial charge < -0.3 is 11.1 Å². The predicted molar refractivity (Wildman–Crippen MR) is 92.8 cm³/mol. The Morgan fingerprint density at radius 2 is 2.00 bits per heavy atom. The zero-order chi connectivity index (χ0) is 16.4. The van der Waals surface area contributed by atoms with Gasteiger partial charge >= 0.3 is 0 Å². The molecule has 1 amide bonds. The number of hydrogen-bond donors (Lipinski definition) is 2. The Hall–Kier alpha value is -0.850. The van der Waals surface area contributed by atoms with E-state index >= 15 is 0 Å². The first-order valence-electron chi connectivity index (χ1n) is 7.98. The van der Waals surface area contributed by atoms with Gasteiger partial charge in [0.1, 0.15) is 0 Å². The van der Waals surface area contributed by atoms with E-state index in [2.05, 4.69) is 15.1 Å². The minimum atomic E-state index is -0.260. The highest BCUT2D eigenvalue weighted by molar-refractivity contribution is 6.42. The summed E-state index contributed by atoms with van der Waals surface area (Å²) in [5.74, 6) is -0.260. The molecule has 0 unspecified atom stereocenters. The average molecular weight is 357 g/mol. The fourth-order valence-electron chi connectivity index (χ4n) is 3.63. The van der Waals surface area contributed by atoms with Crippen LogP contribution in [0.3, 0.4) is 0 Å². The number of primary amides is 1. The Labute approximate surface area is 146 Å². The second kappa shape index (κ2) is 7.36. The van der Waals surface area contributed by atoms with Gasteiger partial charge in [-0.25, -0.2) is 0 Å². The zero-order valence-electron chi connectivity index (χ0n) is 13.0. The van der Waals surface area contributed by atoms with Crippen LogP contribution in [0.1, 0.15) is 18.0 Å². The molecule has 2 heterocycles. The van der Waals surface area contributed by atoms with Crippen molar-refractivity contribution in [2.45, 2.75) is 18.5 Å². The molecule has 0 aliphatic carbocycles. The van der Waals surface area contributed by atoms with Crippen LogP contribution in [0.15, 0.2) is 18.2 Å². The highest BCUT2D eigenvalue weighted by Gasteiger charge is 2.35. The van der Waals surface area contributed by atoms with E-state index in [0.717, 1.165) is 44.7 Å². The third-order valence-electron chi connectivity index (χ3n) is 4.76. The molecule has 0 radical (unpaired) electrons. The lowest BCUT2D eigenvalue weighted by Gasteiger charge is -2.39. The molecule has 3 rings (SSSR count). The smallest absolute Gasteiger partial charge is 0.231 e. The van der Waals surface area contributed by atoms with Crippen LogP contribution < -0.4 is 11.1 Å². The van der Waals surface area contributed by atoms with Gasteiger partial charge in [-0.15, -0.1) is 0 Å². The minimum absolute atomic E-state index is 0.198. The Balaban J connectivity index is 1.68. The van der Waals surface area contributed by atoms with Crippen LogP contribution in [0, 0.1) is 0 Å². The second-order valence-electron chi connectivity index (χ2n) is 6.21. The molecular weight excluding hydrogens is 335 g/mol. The lowest BCUT2D eigenvalue weighted by Crippen LogP contribution is -2.52. The van der Waals surface area contributed by atoms with Gasteiger partial charge in [-0.2, -0.15) is 0 Å². The van der Waals surface area contributed by atoms with E-state index < -0.39 is 0 Å². The zero-order valence-corrected chi connectivity index (χ0v) is 14.5. The lowest BCUT2D eigenvalue weighted by atomic mass is 9.98. The van der Waals surface area contributed by atoms with Gasteiger partial charge in [0.25, 0.3) is 0 Å². The molecule has 5 nitrogen and oxygen atoms in total. The summed E-state index contributed by atoms with van der Waals surface area (Å²) in [5.41, 5.74) is 6.35. The number of carbonyl (C=O) groups is 1. The van der Waals surface area contributed by atoms with Gasteiger partial charge in [-0.3, -0.25) is 14.6 Å². The number of rotatable bonds is 4. The first-order chi connectivity index (χ1) is 11.1. The molecule has 126 valence electrons. The maximum Gasteiger partial charge on any atom is 0.231 e. The Kier molecular flexibility index (Phi) is 5.44. The Bertz CT molecular complexity index is 575. The first kappa shape index (κ1) is 17.0. The highest BCUT2D eigenvalue weighted by Crippen LogP contribution is 2.36. The van der Waals surface area contributed by atoms with Crippen LogP contribution in [-0.4, -0.2) is 61.0 Å². The van der Waals surface area contributed by atoms with Crippen molar-refractivity contribution in [1.29, 1.82) is 0 Å². The van der Waals surface area contributed by atoms with E-state index in [1.165, 1.54) is 0 Å². The Morgan fingerprint density at radius 1 is 1.26 bits per heavy atom. The van der Waals surface area contributed by atoms with Crippen molar-refractivity contribution in [3.8, 4) is 0 Å². The molecule has 2 fully saturated rings. The van der Waals surface area contributed by atoms with Gasteiger partial charge in [0, 0.05) is 38.3 Å². The van der Waals surface area contributed by atoms with Gasteiger partial charge in [-0.05, 0) is 24.6 Å². The van der Waals surface area contributed by atoms with Gasteiger partial charge in [0.05, 0.1) is 16.6 Å². The molecule has 2 atom stereocenters. The number of carbonyl (C=O) groups excluding carboxylic acids is 1. The minimum Gasteiger partial charge on any atom is -0.369 e. The standard InChI is InChI=1S/C16H22Cl2N4O/c17-12-3-1-2-11(15(12)18)16-13(4-5-20-16)22-8-6-21(7-9-22)10-14(19)23/h1-3,13,16,20H,4-10H2,(H2,19,23)/t13-,16-/m1/s1. The number of nitrogens with two attached hydrogens (primary N) is 1. The molecule has 23 heavy (non-hydrogen) atoms. The SMILES string of the molecule is NC(=O)CN1CCN([C@@H]2CCN[C@@H]2c2cccc(Cl)c2Cl)CC1. The van der Waals surface area contributed by atoms with E-state index in [1.807, 2.05) is 18.2 Å². The molecule has 1 aromatic carbocycles. The van der Waals surface area contributed by atoms with E-state index in [9.17, 15) is 4.79 Å². The summed E-state index contributed by atoms with van der Waals surface area (Å²) in [6.45, 7) is 4.94. The summed E-state index contributed by atoms with van der Waals surface area (Å²) >= 11 is 12.6.